The molecule has 21 rings (SSSR count). The van der Waals surface area contributed by atoms with Crippen molar-refractivity contribution in [3.63, 3.8) is 0 Å². The van der Waals surface area contributed by atoms with Crippen LogP contribution in [0.4, 0.5) is 0 Å². The van der Waals surface area contributed by atoms with Crippen LogP contribution >= 0.6 is 0 Å². The monoisotopic (exact) mass is 1610 g/mol. The maximum Gasteiger partial charge on any atom is 2.00 e. The fraction of sp³-hybridized carbons (Fsp3) is 0.600. The number of aromatic nitrogens is 8. The van der Waals surface area contributed by atoms with Gasteiger partial charge in [0, 0.05) is 44.5 Å². The molecular formula is C80H88N8O24Zn. The molecule has 0 saturated carbocycles. The summed E-state index contributed by atoms with van der Waals surface area (Å²) in [4.78, 5) is 43.9. The number of nitrogens with zero attached hydrogens (tertiary/aromatic N) is 8. The third-order valence-electron chi connectivity index (χ3n) is 22.4. The Morgan fingerprint density at radius 2 is 0.566 bits per heavy atom. The first kappa shape index (κ1) is 75.0. The van der Waals surface area contributed by atoms with Gasteiger partial charge in [0.2, 0.25) is 0 Å². The minimum absolute atomic E-state index is 0. The quantitative estimate of drug-likeness (QED) is 0.103. The van der Waals surface area contributed by atoms with E-state index < -0.39 is 169 Å². The Bertz CT molecular complexity index is 4860. The van der Waals surface area contributed by atoms with Crippen LogP contribution in [0.25, 0.3) is 89.7 Å². The van der Waals surface area contributed by atoms with Crippen molar-refractivity contribution in [3.8, 4) is 68.5 Å². The van der Waals surface area contributed by atoms with Crippen molar-refractivity contribution in [2.45, 2.75) is 280 Å². The Hall–Kier alpha value is -6.74. The first-order valence-electron chi connectivity index (χ1n) is 38.4. The van der Waals surface area contributed by atoms with Crippen LogP contribution in [0.1, 0.15) is 111 Å². The Labute approximate surface area is 661 Å². The van der Waals surface area contributed by atoms with Crippen LogP contribution in [-0.4, -0.2) is 225 Å². The van der Waals surface area contributed by atoms with E-state index in [-0.39, 0.29) is 91.8 Å². The van der Waals surface area contributed by atoms with Gasteiger partial charge >= 0.3 is 19.5 Å². The number of rotatable bonds is 12. The first-order valence-corrected chi connectivity index (χ1v) is 38.4. The summed E-state index contributed by atoms with van der Waals surface area (Å²) in [7, 11) is 0. The normalized spacial score (nSPS) is 36.3. The fourth-order valence-corrected chi connectivity index (χ4v) is 18.0. The molecule has 0 unspecified atom stereocenters. The second-order valence-electron chi connectivity index (χ2n) is 34.3. The summed E-state index contributed by atoms with van der Waals surface area (Å²) in [6, 6.07) is 22.4. The Morgan fingerprint density at radius 1 is 0.292 bits per heavy atom. The zero-order valence-electron chi connectivity index (χ0n) is 65.4. The molecule has 0 spiro atoms. The summed E-state index contributed by atoms with van der Waals surface area (Å²) in [6.45, 7) is 30.4. The maximum atomic E-state index is 7.38. The topological polar surface area (TPSA) is 327 Å². The second kappa shape index (κ2) is 26.1. The van der Waals surface area contributed by atoms with Gasteiger partial charge in [-0.3, -0.25) is 0 Å². The van der Waals surface area contributed by atoms with E-state index in [4.69, 9.17) is 154 Å². The van der Waals surface area contributed by atoms with Crippen LogP contribution in [0.2, 0.25) is 0 Å². The zero-order valence-corrected chi connectivity index (χ0v) is 68.4. The summed E-state index contributed by atoms with van der Waals surface area (Å²) < 4.78 is 159. The number of fused-ring (bicyclic) bond motifs is 24. The average Bonchev–Trinajstić information content (AvgIpc) is 1.59. The van der Waals surface area contributed by atoms with Crippen molar-refractivity contribution >= 4 is 44.1 Å². The molecule has 7 aromatic rings. The Balaban J connectivity index is 0.00000830. The number of ether oxygens (including phenoxy) is 24. The van der Waals surface area contributed by atoms with Crippen molar-refractivity contribution in [3.05, 3.63) is 72.8 Å². The van der Waals surface area contributed by atoms with E-state index in [1.54, 1.807) is 0 Å². The molecule has 0 N–H and O–H groups in total. The Morgan fingerprint density at radius 3 is 0.858 bits per heavy atom. The minimum Gasteiger partial charge on any atom is -0.484 e. The predicted molar refractivity (Wildman–Crippen MR) is 386 cm³/mol. The largest absolute Gasteiger partial charge is 2.00 e. The van der Waals surface area contributed by atoms with E-state index in [2.05, 4.69) is 0 Å². The smallest absolute Gasteiger partial charge is 0.484 e. The molecule has 0 radical (unpaired) electrons. The van der Waals surface area contributed by atoms with Crippen molar-refractivity contribution in [2.24, 2.45) is 0 Å². The van der Waals surface area contributed by atoms with Crippen molar-refractivity contribution in [1.29, 1.82) is 0 Å². The van der Waals surface area contributed by atoms with E-state index in [9.17, 15) is 0 Å². The summed E-state index contributed by atoms with van der Waals surface area (Å²) in [5.41, 5.74) is 2.61. The van der Waals surface area contributed by atoms with Crippen LogP contribution in [0, 0.1) is 0 Å². The molecule has 4 aromatic carbocycles. The first-order chi connectivity index (χ1) is 53.2. The van der Waals surface area contributed by atoms with Gasteiger partial charge in [-0.25, -0.2) is 9.97 Å². The van der Waals surface area contributed by atoms with Crippen molar-refractivity contribution in [2.75, 3.05) is 26.4 Å². The summed E-state index contributed by atoms with van der Waals surface area (Å²) in [5, 5.41) is 1.92. The molecule has 20 atom stereocenters. The molecule has 14 aliphatic rings. The second-order valence-corrected chi connectivity index (χ2v) is 34.3. The number of benzene rings is 4. The molecule has 3 aromatic heterocycles. The van der Waals surface area contributed by atoms with Crippen molar-refractivity contribution in [1.82, 2.24) is 39.9 Å². The average molecular weight is 1610 g/mol. The van der Waals surface area contributed by atoms with Crippen LogP contribution in [0.15, 0.2) is 72.8 Å². The van der Waals surface area contributed by atoms with Crippen LogP contribution in [0.5, 0.6) is 23.0 Å². The van der Waals surface area contributed by atoms with Gasteiger partial charge < -0.3 is 144 Å². The van der Waals surface area contributed by atoms with Gasteiger partial charge in [0.25, 0.3) is 0 Å². The number of hydrogen-bond donors (Lipinski definition) is 0. The molecule has 0 amide bonds. The van der Waals surface area contributed by atoms with Crippen LogP contribution in [-0.2, 0) is 114 Å². The van der Waals surface area contributed by atoms with E-state index >= 15 is 0 Å². The third kappa shape index (κ3) is 13.1. The molecule has 8 bridgehead atoms. The van der Waals surface area contributed by atoms with Gasteiger partial charge in [0.05, 0.1) is 60.9 Å². The molecule has 32 nitrogen and oxygen atoms in total. The van der Waals surface area contributed by atoms with E-state index in [1.807, 2.05) is 184 Å². The fourth-order valence-electron chi connectivity index (χ4n) is 18.0. The molecule has 12 saturated heterocycles. The summed E-state index contributed by atoms with van der Waals surface area (Å²) in [6.07, 6.45) is -14.8. The van der Waals surface area contributed by atoms with E-state index in [0.717, 1.165) is 0 Å². The molecule has 12 fully saturated rings. The van der Waals surface area contributed by atoms with Gasteiger partial charge in [-0.15, -0.1) is 0 Å². The van der Waals surface area contributed by atoms with Gasteiger partial charge in [-0.2, -0.15) is 0 Å². The molecule has 17 heterocycles. The van der Waals surface area contributed by atoms with Gasteiger partial charge in [0.1, 0.15) is 71.8 Å². The summed E-state index contributed by atoms with van der Waals surface area (Å²) in [5.74, 6) is -5.68. The van der Waals surface area contributed by atoms with Gasteiger partial charge in [-0.1, -0.05) is 48.5 Å². The third-order valence-corrected chi connectivity index (χ3v) is 22.4. The Kier molecular flexibility index (Phi) is 17.4. The van der Waals surface area contributed by atoms with E-state index in [0.29, 0.717) is 66.8 Å². The van der Waals surface area contributed by atoms with Gasteiger partial charge in [-0.05, 0) is 146 Å². The van der Waals surface area contributed by atoms with Crippen LogP contribution in [0.3, 0.4) is 0 Å². The number of hydrogen-bond acceptors (Lipinski definition) is 30. The maximum absolute atomic E-state index is 7.38. The van der Waals surface area contributed by atoms with E-state index in [1.165, 1.54) is 0 Å². The minimum atomic E-state index is -1.03. The predicted octanol–water partition coefficient (Wildman–Crippen LogP) is 9.23. The van der Waals surface area contributed by atoms with Crippen LogP contribution < -0.4 is 28.9 Å². The molecule has 594 valence electrons. The molecule has 14 aliphatic heterocycles. The van der Waals surface area contributed by atoms with Gasteiger partial charge in [0.15, 0.2) is 120 Å². The standard InChI is InChI=1S/C80H88N8O24.Zn/c1-73(2)89-29-41(101-73)49-53(57-69(97-49)109-77(9,10)105-57)93-37-25-17-21-33-45(37)65-81-61(33)86-66-47-35(23-19-27-39(47)95-55-51(43-31-91-75(5,6)103-43)99-71-59(55)107-79(13,14)111-71)63(83-66)88-68-48-36(24-20-28-40(48)96-56-52(44-32-92-76(7,8)104-44)100-72-60(56)108-80(15,16)112-72)64(84-68)87-67-46-34(62(82-67)85-65)22-18-26-38(46)94-54-50(42-30-90-74(3,4)102-42)98-70-58(54)106-78(11,12)110-70;/h17-28,41-44,49-60,69-72H,29-32H2,1-16H3;/q-2;+2/t41-,42-,43-,44-,49-,50-,51-,52-,53+,54+,55+,56+,57-,58-,59-,60-,69-,70-,71-,72-;/m1./s1. The molecule has 33 heteroatoms. The molecule has 0 aliphatic carbocycles. The summed E-state index contributed by atoms with van der Waals surface area (Å²) >= 11 is 0. The molecule has 113 heavy (non-hydrogen) atoms. The zero-order chi connectivity index (χ0) is 77.0. The SMILES string of the molecule is CC1(C)O[C@H]2O[C@H]([C@H]3COC(C)(C)O3)[C@H](Oc3cccc4c3-c3nc-4nc4[n-]c(nc5nc(nc6[n-]c(n3)c3cccc(O[C@@H]7[C@H]8OC(C)(C)O[C@H]8O[C@@H]7[C@H]7COC(C)(C)O7)c63)-c3cccc(O[C@@H]6[C@H]7OC(C)(C)O[C@H]7O[C@@H]6[C@H]6COC(C)(C)O6)c3-5)c3cccc(O[C@@H]5[C@H]6OC(C)(C)O[C@H]6O[C@@H]5[C@H]5COC(C)(C)O5)c43)[C@H]2O1.[Zn+2]. The molecular weight excluding hydrogens is 1520 g/mol. The van der Waals surface area contributed by atoms with Crippen molar-refractivity contribution < 1.29 is 133 Å².